The fraction of sp³-hybridized carbons (Fsp3) is 0.467. The monoisotopic (exact) mass is 293 g/mol. The van der Waals surface area contributed by atoms with Crippen LogP contribution in [0.4, 0.5) is 4.39 Å². The molecule has 1 aromatic carbocycles. The molecule has 1 N–H and O–H groups in total. The van der Waals surface area contributed by atoms with E-state index in [1.807, 2.05) is 12.1 Å². The van der Waals surface area contributed by atoms with E-state index < -0.39 is 0 Å². The SMILES string of the molecule is CCNC(c1ccc(F)c(C)c1)c1snnc1C(C)C. The third kappa shape index (κ3) is 3.04. The molecule has 0 fully saturated rings. The van der Waals surface area contributed by atoms with Gasteiger partial charge in [0.15, 0.2) is 0 Å². The zero-order valence-corrected chi connectivity index (χ0v) is 13.1. The number of benzene rings is 1. The Labute approximate surface area is 123 Å². The Morgan fingerprint density at radius 3 is 2.70 bits per heavy atom. The maximum Gasteiger partial charge on any atom is 0.126 e. The van der Waals surface area contributed by atoms with Crippen LogP contribution in [0.2, 0.25) is 0 Å². The van der Waals surface area contributed by atoms with Gasteiger partial charge in [-0.3, -0.25) is 0 Å². The van der Waals surface area contributed by atoms with Gasteiger partial charge in [0, 0.05) is 0 Å². The molecule has 1 atom stereocenters. The number of aryl methyl sites for hydroxylation is 1. The highest BCUT2D eigenvalue weighted by atomic mass is 32.1. The quantitative estimate of drug-likeness (QED) is 0.911. The van der Waals surface area contributed by atoms with Crippen LogP contribution < -0.4 is 5.32 Å². The lowest BCUT2D eigenvalue weighted by atomic mass is 9.98. The lowest BCUT2D eigenvalue weighted by Gasteiger charge is -2.19. The summed E-state index contributed by atoms with van der Waals surface area (Å²) in [6.07, 6.45) is 0. The molecular weight excluding hydrogens is 273 g/mol. The van der Waals surface area contributed by atoms with Gasteiger partial charge >= 0.3 is 0 Å². The molecule has 5 heteroatoms. The fourth-order valence-electron chi connectivity index (χ4n) is 2.22. The molecule has 20 heavy (non-hydrogen) atoms. The normalized spacial score (nSPS) is 12.9. The second-order valence-electron chi connectivity index (χ2n) is 5.18. The van der Waals surface area contributed by atoms with Crippen molar-refractivity contribution >= 4 is 11.5 Å². The van der Waals surface area contributed by atoms with Crippen molar-refractivity contribution in [2.75, 3.05) is 6.54 Å². The molecule has 0 aliphatic carbocycles. The standard InChI is InChI=1S/C15H20FN3S/c1-5-17-14(11-6-7-12(16)10(4)8-11)15-13(9(2)3)18-19-20-15/h6-9,14,17H,5H2,1-4H3. The molecule has 0 aliphatic heterocycles. The fourth-order valence-corrected chi connectivity index (χ4v) is 3.13. The maximum absolute atomic E-state index is 13.5. The minimum atomic E-state index is -0.171. The zero-order chi connectivity index (χ0) is 14.7. The first-order valence-corrected chi connectivity index (χ1v) is 7.63. The molecule has 1 unspecified atom stereocenters. The smallest absolute Gasteiger partial charge is 0.126 e. The number of aromatic nitrogens is 2. The first kappa shape index (κ1) is 15.1. The van der Waals surface area contributed by atoms with E-state index in [2.05, 4.69) is 35.7 Å². The third-order valence-corrected chi connectivity index (χ3v) is 4.08. The van der Waals surface area contributed by atoms with Gasteiger partial charge in [-0.15, -0.1) is 5.10 Å². The minimum Gasteiger partial charge on any atom is -0.306 e. The second-order valence-corrected chi connectivity index (χ2v) is 5.96. The molecule has 0 aliphatic rings. The van der Waals surface area contributed by atoms with Crippen LogP contribution >= 0.6 is 11.5 Å². The first-order chi connectivity index (χ1) is 9.54. The minimum absolute atomic E-state index is 0.0247. The molecule has 1 heterocycles. The van der Waals surface area contributed by atoms with Crippen molar-refractivity contribution in [1.29, 1.82) is 0 Å². The van der Waals surface area contributed by atoms with Gasteiger partial charge in [0.1, 0.15) is 5.82 Å². The van der Waals surface area contributed by atoms with Crippen LogP contribution in [0.25, 0.3) is 0 Å². The average molecular weight is 293 g/mol. The predicted molar refractivity (Wildman–Crippen MR) is 80.7 cm³/mol. The molecular formula is C15H20FN3S. The van der Waals surface area contributed by atoms with Crippen LogP contribution in [-0.4, -0.2) is 16.1 Å². The van der Waals surface area contributed by atoms with Crippen LogP contribution in [-0.2, 0) is 0 Å². The highest BCUT2D eigenvalue weighted by Crippen LogP contribution is 2.31. The Balaban J connectivity index is 2.44. The van der Waals surface area contributed by atoms with Gasteiger partial charge in [-0.1, -0.05) is 37.4 Å². The summed E-state index contributed by atoms with van der Waals surface area (Å²) in [6.45, 7) is 8.90. The van der Waals surface area contributed by atoms with Gasteiger partial charge in [0.25, 0.3) is 0 Å². The van der Waals surface area contributed by atoms with Crippen LogP contribution in [0, 0.1) is 12.7 Å². The number of halogens is 1. The predicted octanol–water partition coefficient (Wildman–Crippen LogP) is 3.81. The van der Waals surface area contributed by atoms with Crippen molar-refractivity contribution < 1.29 is 4.39 Å². The molecule has 0 bridgehead atoms. The molecule has 0 saturated carbocycles. The van der Waals surface area contributed by atoms with Crippen molar-refractivity contribution in [2.24, 2.45) is 0 Å². The van der Waals surface area contributed by atoms with Crippen molar-refractivity contribution in [3.05, 3.63) is 45.7 Å². The van der Waals surface area contributed by atoms with Crippen molar-refractivity contribution in [3.63, 3.8) is 0 Å². The summed E-state index contributed by atoms with van der Waals surface area (Å²) in [5.41, 5.74) is 2.73. The summed E-state index contributed by atoms with van der Waals surface area (Å²) in [5.74, 6) is 0.155. The molecule has 2 aromatic rings. The van der Waals surface area contributed by atoms with Gasteiger partial charge in [-0.25, -0.2) is 4.39 Å². The van der Waals surface area contributed by atoms with Crippen LogP contribution in [0.3, 0.4) is 0 Å². The summed E-state index contributed by atoms with van der Waals surface area (Å²) in [6, 6.07) is 5.28. The Kier molecular flexibility index (Phi) is 4.83. The van der Waals surface area contributed by atoms with E-state index in [1.54, 1.807) is 6.92 Å². The van der Waals surface area contributed by atoms with Crippen LogP contribution in [0.15, 0.2) is 18.2 Å². The largest absolute Gasteiger partial charge is 0.306 e. The van der Waals surface area contributed by atoms with Crippen molar-refractivity contribution in [3.8, 4) is 0 Å². The molecule has 3 nitrogen and oxygen atoms in total. The zero-order valence-electron chi connectivity index (χ0n) is 12.3. The van der Waals surface area contributed by atoms with E-state index in [4.69, 9.17) is 0 Å². The molecule has 108 valence electrons. The van der Waals surface area contributed by atoms with Gasteiger partial charge in [0.2, 0.25) is 0 Å². The summed E-state index contributed by atoms with van der Waals surface area (Å²) in [5, 5.41) is 7.69. The van der Waals surface area contributed by atoms with E-state index in [-0.39, 0.29) is 11.9 Å². The van der Waals surface area contributed by atoms with Crippen LogP contribution in [0.5, 0.6) is 0 Å². The molecule has 0 amide bonds. The van der Waals surface area contributed by atoms with Crippen molar-refractivity contribution in [1.82, 2.24) is 14.9 Å². The van der Waals surface area contributed by atoms with Crippen molar-refractivity contribution in [2.45, 2.75) is 39.7 Å². The number of rotatable bonds is 5. The average Bonchev–Trinajstić information content (AvgIpc) is 2.88. The molecule has 1 aromatic heterocycles. The lowest BCUT2D eigenvalue weighted by Crippen LogP contribution is -2.22. The Bertz CT molecular complexity index is 580. The molecule has 0 saturated heterocycles. The van der Waals surface area contributed by atoms with E-state index in [0.717, 1.165) is 22.7 Å². The van der Waals surface area contributed by atoms with Gasteiger partial charge in [0.05, 0.1) is 16.6 Å². The number of nitrogens with one attached hydrogen (secondary N) is 1. The van der Waals surface area contributed by atoms with Gasteiger partial charge < -0.3 is 5.32 Å². The lowest BCUT2D eigenvalue weighted by molar-refractivity contribution is 0.605. The Hall–Kier alpha value is -1.33. The molecule has 0 spiro atoms. The van der Waals surface area contributed by atoms with Gasteiger partial charge in [-0.2, -0.15) is 0 Å². The topological polar surface area (TPSA) is 37.8 Å². The summed E-state index contributed by atoms with van der Waals surface area (Å²) in [7, 11) is 0. The number of hydrogen-bond donors (Lipinski definition) is 1. The van der Waals surface area contributed by atoms with E-state index in [9.17, 15) is 4.39 Å². The highest BCUT2D eigenvalue weighted by molar-refractivity contribution is 7.05. The molecule has 0 radical (unpaired) electrons. The highest BCUT2D eigenvalue weighted by Gasteiger charge is 2.22. The van der Waals surface area contributed by atoms with E-state index in [1.165, 1.54) is 17.6 Å². The third-order valence-electron chi connectivity index (χ3n) is 3.27. The summed E-state index contributed by atoms with van der Waals surface area (Å²) < 4.78 is 17.5. The number of nitrogens with zero attached hydrogens (tertiary/aromatic N) is 2. The Morgan fingerprint density at radius 1 is 1.35 bits per heavy atom. The van der Waals surface area contributed by atoms with Gasteiger partial charge in [-0.05, 0) is 48.1 Å². The first-order valence-electron chi connectivity index (χ1n) is 6.86. The Morgan fingerprint density at radius 2 is 2.10 bits per heavy atom. The second kappa shape index (κ2) is 6.41. The summed E-state index contributed by atoms with van der Waals surface area (Å²) in [4.78, 5) is 1.12. The summed E-state index contributed by atoms with van der Waals surface area (Å²) >= 11 is 1.41. The number of hydrogen-bond acceptors (Lipinski definition) is 4. The molecule has 2 rings (SSSR count). The van der Waals surface area contributed by atoms with Crippen LogP contribution in [0.1, 0.15) is 54.4 Å². The van der Waals surface area contributed by atoms with E-state index >= 15 is 0 Å². The maximum atomic E-state index is 13.5. The van der Waals surface area contributed by atoms with E-state index in [0.29, 0.717) is 11.5 Å².